The lowest BCUT2D eigenvalue weighted by molar-refractivity contribution is 0.0949. The Bertz CT molecular complexity index is 958. The van der Waals surface area contributed by atoms with Crippen LogP contribution in [0.5, 0.6) is 6.01 Å². The number of morpholine rings is 1. The number of hydrogen-bond donors (Lipinski definition) is 1. The van der Waals surface area contributed by atoms with Crippen LogP contribution in [0, 0.1) is 0 Å². The monoisotopic (exact) mass is 387 g/mol. The fourth-order valence-corrected chi connectivity index (χ4v) is 3.16. The Morgan fingerprint density at radius 1 is 1.22 bits per heavy atom. The van der Waals surface area contributed by atoms with Crippen LogP contribution in [0.1, 0.15) is 16.2 Å². The lowest BCUT2D eigenvalue weighted by Crippen LogP contribution is -2.37. The molecule has 11 heteroatoms. The molecule has 3 aromatic rings. The van der Waals surface area contributed by atoms with Crippen LogP contribution >= 0.6 is 11.7 Å². The summed E-state index contributed by atoms with van der Waals surface area (Å²) in [5.74, 6) is 0.703. The third-order valence-electron chi connectivity index (χ3n) is 4.05. The lowest BCUT2D eigenvalue weighted by Gasteiger charge is -2.26. The summed E-state index contributed by atoms with van der Waals surface area (Å²) in [4.78, 5) is 27.4. The molecular weight excluding hydrogens is 370 g/mol. The molecule has 0 atom stereocenters. The fraction of sp³-hybridized carbons (Fsp3) is 0.375. The van der Waals surface area contributed by atoms with Gasteiger partial charge in [-0.25, -0.2) is 0 Å². The molecule has 1 aliphatic heterocycles. The molecule has 1 saturated heterocycles. The topological polar surface area (TPSA) is 115 Å². The molecule has 27 heavy (non-hydrogen) atoms. The van der Waals surface area contributed by atoms with E-state index in [1.807, 2.05) is 4.90 Å². The summed E-state index contributed by atoms with van der Waals surface area (Å²) in [6.45, 7) is 2.78. The van der Waals surface area contributed by atoms with Gasteiger partial charge in [-0.15, -0.1) is 0 Å². The van der Waals surface area contributed by atoms with E-state index < -0.39 is 0 Å². The van der Waals surface area contributed by atoms with Crippen LogP contribution in [0.25, 0.3) is 11.0 Å². The molecule has 0 bridgehead atoms. The highest BCUT2D eigenvalue weighted by Gasteiger charge is 2.17. The molecule has 1 N–H and O–H groups in total. The molecule has 10 nitrogen and oxygen atoms in total. The van der Waals surface area contributed by atoms with E-state index in [9.17, 15) is 4.79 Å². The fourth-order valence-electron chi connectivity index (χ4n) is 2.65. The standard InChI is InChI=1S/C16H17N7O3S/c1-25-16-19-13(18-15(20-16)23-4-6-26-7-5-23)9-17-14(24)10-2-3-11-12(8-10)22-27-21-11/h2-3,8H,4-7,9H2,1H3,(H,17,24). The van der Waals surface area contributed by atoms with Gasteiger partial charge in [-0.05, 0) is 18.2 Å². The highest BCUT2D eigenvalue weighted by molar-refractivity contribution is 7.00. The van der Waals surface area contributed by atoms with Crippen molar-refractivity contribution in [2.75, 3.05) is 38.3 Å². The minimum Gasteiger partial charge on any atom is -0.467 e. The van der Waals surface area contributed by atoms with Gasteiger partial charge in [-0.3, -0.25) is 4.79 Å². The number of aromatic nitrogens is 5. The zero-order valence-corrected chi connectivity index (χ0v) is 15.4. The molecule has 140 valence electrons. The van der Waals surface area contributed by atoms with Gasteiger partial charge in [0.2, 0.25) is 5.95 Å². The Kier molecular flexibility index (Phi) is 5.03. The Hall–Kier alpha value is -2.92. The first-order valence-corrected chi connectivity index (χ1v) is 9.08. The molecule has 1 aliphatic rings. The SMILES string of the molecule is COc1nc(CNC(=O)c2ccc3nsnc3c2)nc(N2CCOCC2)n1. The van der Waals surface area contributed by atoms with Gasteiger partial charge in [0.25, 0.3) is 5.91 Å². The summed E-state index contributed by atoms with van der Waals surface area (Å²) in [6, 6.07) is 5.41. The molecule has 0 aliphatic carbocycles. The van der Waals surface area contributed by atoms with Crippen LogP contribution < -0.4 is 15.0 Å². The minimum absolute atomic E-state index is 0.155. The maximum atomic E-state index is 12.4. The smallest absolute Gasteiger partial charge is 0.321 e. The zero-order chi connectivity index (χ0) is 18.6. The number of methoxy groups -OCH3 is 1. The molecule has 3 heterocycles. The second-order valence-electron chi connectivity index (χ2n) is 5.79. The number of carbonyl (C=O) groups is 1. The van der Waals surface area contributed by atoms with Gasteiger partial charge in [0.05, 0.1) is 38.6 Å². The quantitative estimate of drug-likeness (QED) is 0.674. The van der Waals surface area contributed by atoms with Crippen molar-refractivity contribution in [3.05, 3.63) is 29.6 Å². The number of ether oxygens (including phenoxy) is 2. The maximum Gasteiger partial charge on any atom is 0.321 e. The van der Waals surface area contributed by atoms with E-state index >= 15 is 0 Å². The van der Waals surface area contributed by atoms with E-state index in [4.69, 9.17) is 9.47 Å². The number of nitrogens with zero attached hydrogens (tertiary/aromatic N) is 6. The first-order chi connectivity index (χ1) is 13.2. The highest BCUT2D eigenvalue weighted by atomic mass is 32.1. The number of fused-ring (bicyclic) bond motifs is 1. The Morgan fingerprint density at radius 3 is 2.85 bits per heavy atom. The van der Waals surface area contributed by atoms with E-state index in [0.29, 0.717) is 49.2 Å². The first-order valence-electron chi connectivity index (χ1n) is 8.35. The normalized spacial score (nSPS) is 14.3. The van der Waals surface area contributed by atoms with E-state index in [0.717, 1.165) is 17.2 Å². The molecule has 2 aromatic heterocycles. The average molecular weight is 387 g/mol. The van der Waals surface area contributed by atoms with Gasteiger partial charge in [0, 0.05) is 18.7 Å². The van der Waals surface area contributed by atoms with Crippen LogP contribution in [0.4, 0.5) is 5.95 Å². The lowest BCUT2D eigenvalue weighted by atomic mass is 10.2. The van der Waals surface area contributed by atoms with Gasteiger partial charge in [0.1, 0.15) is 11.0 Å². The number of benzene rings is 1. The van der Waals surface area contributed by atoms with Crippen molar-refractivity contribution in [2.45, 2.75) is 6.54 Å². The largest absolute Gasteiger partial charge is 0.467 e. The Morgan fingerprint density at radius 2 is 2.04 bits per heavy atom. The molecular formula is C16H17N7O3S. The minimum atomic E-state index is -0.239. The van der Waals surface area contributed by atoms with Gasteiger partial charge in [0.15, 0.2) is 5.82 Å². The number of rotatable bonds is 5. The maximum absolute atomic E-state index is 12.4. The number of carbonyl (C=O) groups excluding carboxylic acids is 1. The number of amides is 1. The predicted molar refractivity (Wildman–Crippen MR) is 98.0 cm³/mol. The van der Waals surface area contributed by atoms with Crippen LogP contribution in [0.3, 0.4) is 0 Å². The number of hydrogen-bond acceptors (Lipinski definition) is 10. The van der Waals surface area contributed by atoms with Crippen molar-refractivity contribution in [3.63, 3.8) is 0 Å². The van der Waals surface area contributed by atoms with Crippen molar-refractivity contribution in [2.24, 2.45) is 0 Å². The van der Waals surface area contributed by atoms with Gasteiger partial charge >= 0.3 is 6.01 Å². The van der Waals surface area contributed by atoms with Crippen LogP contribution in [-0.4, -0.2) is 63.0 Å². The van der Waals surface area contributed by atoms with Gasteiger partial charge in [-0.2, -0.15) is 23.7 Å². The van der Waals surface area contributed by atoms with Gasteiger partial charge < -0.3 is 19.7 Å². The second kappa shape index (κ2) is 7.76. The van der Waals surface area contributed by atoms with Crippen molar-refractivity contribution in [1.82, 2.24) is 29.0 Å². The molecule has 0 radical (unpaired) electrons. The Balaban J connectivity index is 1.48. The molecule has 1 fully saturated rings. The molecule has 1 amide bonds. The average Bonchev–Trinajstić information content (AvgIpc) is 3.20. The molecule has 0 spiro atoms. The second-order valence-corrected chi connectivity index (χ2v) is 6.32. The van der Waals surface area contributed by atoms with Crippen molar-refractivity contribution >= 4 is 34.6 Å². The van der Waals surface area contributed by atoms with Crippen molar-refractivity contribution in [3.8, 4) is 6.01 Å². The molecule has 1 aromatic carbocycles. The molecule has 0 unspecified atom stereocenters. The summed E-state index contributed by atoms with van der Waals surface area (Å²) < 4.78 is 18.8. The summed E-state index contributed by atoms with van der Waals surface area (Å²) >= 11 is 1.12. The van der Waals surface area contributed by atoms with E-state index in [-0.39, 0.29) is 18.5 Å². The van der Waals surface area contributed by atoms with Crippen LogP contribution in [0.2, 0.25) is 0 Å². The Labute approximate surface area is 158 Å². The van der Waals surface area contributed by atoms with Gasteiger partial charge in [-0.1, -0.05) is 0 Å². The molecule has 4 rings (SSSR count). The third kappa shape index (κ3) is 3.93. The summed E-state index contributed by atoms with van der Waals surface area (Å²) in [7, 11) is 1.50. The van der Waals surface area contributed by atoms with E-state index in [1.165, 1.54) is 7.11 Å². The van der Waals surface area contributed by atoms with E-state index in [2.05, 4.69) is 29.0 Å². The summed E-state index contributed by atoms with van der Waals surface area (Å²) in [5, 5.41) is 2.82. The third-order valence-corrected chi connectivity index (χ3v) is 4.61. The highest BCUT2D eigenvalue weighted by Crippen LogP contribution is 2.15. The van der Waals surface area contributed by atoms with E-state index in [1.54, 1.807) is 18.2 Å². The zero-order valence-electron chi connectivity index (χ0n) is 14.6. The first kappa shape index (κ1) is 17.5. The van der Waals surface area contributed by atoms with Crippen molar-refractivity contribution in [1.29, 1.82) is 0 Å². The number of anilines is 1. The summed E-state index contributed by atoms with van der Waals surface area (Å²) in [6.07, 6.45) is 0. The predicted octanol–water partition coefficient (Wildman–Crippen LogP) is 0.651. The molecule has 0 saturated carbocycles. The van der Waals surface area contributed by atoms with Crippen LogP contribution in [-0.2, 0) is 11.3 Å². The van der Waals surface area contributed by atoms with Crippen LogP contribution in [0.15, 0.2) is 18.2 Å². The number of nitrogens with one attached hydrogen (secondary N) is 1. The van der Waals surface area contributed by atoms with Crippen molar-refractivity contribution < 1.29 is 14.3 Å². The summed E-state index contributed by atoms with van der Waals surface area (Å²) in [5.41, 5.74) is 1.97.